The van der Waals surface area contributed by atoms with Gasteiger partial charge in [-0.25, -0.2) is 4.39 Å². The number of fused-ring (bicyclic) bond motifs is 1. The van der Waals surface area contributed by atoms with Gasteiger partial charge >= 0.3 is 0 Å². The van der Waals surface area contributed by atoms with Gasteiger partial charge in [0.1, 0.15) is 23.2 Å². The van der Waals surface area contributed by atoms with Crippen LogP contribution in [0.1, 0.15) is 43.7 Å². The zero-order valence-electron chi connectivity index (χ0n) is 18.6. The number of hydrogen-bond acceptors (Lipinski definition) is 4. The molecule has 1 atom stereocenters. The molecule has 5 nitrogen and oxygen atoms in total. The highest BCUT2D eigenvalue weighted by molar-refractivity contribution is 6.01. The molecule has 33 heavy (non-hydrogen) atoms. The Hall–Kier alpha value is -3.85. The Labute approximate surface area is 191 Å². The predicted octanol–water partition coefficient (Wildman–Crippen LogP) is 5.28. The number of carbonyl (C=O) groups excluding carboxylic acids is 1. The summed E-state index contributed by atoms with van der Waals surface area (Å²) in [7, 11) is 0. The highest BCUT2D eigenvalue weighted by Gasteiger charge is 2.43. The van der Waals surface area contributed by atoms with Crippen molar-refractivity contribution in [3.8, 4) is 6.07 Å². The number of halogens is 1. The van der Waals surface area contributed by atoms with Gasteiger partial charge in [0, 0.05) is 42.1 Å². The van der Waals surface area contributed by atoms with E-state index in [0.717, 1.165) is 22.0 Å². The maximum Gasteiger partial charge on any atom is 0.205 e. The number of Topliss-reactive ketones (excluding diaryl/α,β-unsaturated/α-hetero) is 1. The second-order valence-corrected chi connectivity index (χ2v) is 9.56. The molecule has 2 N–H and O–H groups in total. The number of aromatic nitrogens is 1. The summed E-state index contributed by atoms with van der Waals surface area (Å²) >= 11 is 0. The number of ketones is 1. The van der Waals surface area contributed by atoms with Gasteiger partial charge in [-0.05, 0) is 34.7 Å². The molecular weight excluding hydrogens is 417 g/mol. The normalized spacial score (nSPS) is 19.9. The molecule has 6 heteroatoms. The molecule has 3 aromatic rings. The molecule has 5 rings (SSSR count). The maximum absolute atomic E-state index is 13.4. The van der Waals surface area contributed by atoms with E-state index < -0.39 is 5.92 Å². The highest BCUT2D eigenvalue weighted by atomic mass is 19.1. The lowest BCUT2D eigenvalue weighted by Gasteiger charge is -2.37. The van der Waals surface area contributed by atoms with Crippen LogP contribution in [-0.2, 0) is 16.1 Å². The molecule has 2 aromatic carbocycles. The van der Waals surface area contributed by atoms with E-state index in [9.17, 15) is 14.4 Å². The molecule has 0 fully saturated rings. The van der Waals surface area contributed by atoms with Gasteiger partial charge in [-0.1, -0.05) is 44.2 Å². The zero-order valence-corrected chi connectivity index (χ0v) is 18.6. The monoisotopic (exact) mass is 441 g/mol. The third kappa shape index (κ3) is 3.60. The minimum atomic E-state index is -0.582. The number of allylic oxidation sites excluding steroid dienone is 3. The number of para-hydroxylation sites is 1. The average Bonchev–Trinajstić information content (AvgIpc) is 3.11. The average molecular weight is 442 g/mol. The second kappa shape index (κ2) is 7.63. The fourth-order valence-electron chi connectivity index (χ4n) is 5.02. The van der Waals surface area contributed by atoms with Gasteiger partial charge in [0.15, 0.2) is 5.78 Å². The second-order valence-electron chi connectivity index (χ2n) is 9.56. The predicted molar refractivity (Wildman–Crippen MR) is 123 cm³/mol. The Morgan fingerprint density at radius 2 is 1.91 bits per heavy atom. The van der Waals surface area contributed by atoms with Crippen LogP contribution in [0.3, 0.4) is 0 Å². The molecule has 0 radical (unpaired) electrons. The minimum absolute atomic E-state index is 0.0122. The maximum atomic E-state index is 13.4. The van der Waals surface area contributed by atoms with E-state index >= 15 is 0 Å². The molecule has 1 aliphatic carbocycles. The van der Waals surface area contributed by atoms with E-state index in [1.807, 2.05) is 44.3 Å². The van der Waals surface area contributed by atoms with Crippen LogP contribution in [0.5, 0.6) is 0 Å². The van der Waals surface area contributed by atoms with Crippen molar-refractivity contribution in [3.05, 3.63) is 94.5 Å². The van der Waals surface area contributed by atoms with Crippen LogP contribution in [0.2, 0.25) is 0 Å². The Balaban J connectivity index is 1.69. The number of nitriles is 1. The van der Waals surface area contributed by atoms with Crippen LogP contribution in [0.25, 0.3) is 10.9 Å². The molecule has 1 aromatic heterocycles. The van der Waals surface area contributed by atoms with Crippen molar-refractivity contribution in [2.45, 2.75) is 39.2 Å². The first-order valence-corrected chi connectivity index (χ1v) is 10.9. The van der Waals surface area contributed by atoms with Crippen LogP contribution in [0, 0.1) is 22.6 Å². The van der Waals surface area contributed by atoms with Gasteiger partial charge in [0.2, 0.25) is 5.88 Å². The van der Waals surface area contributed by atoms with Gasteiger partial charge in [0.25, 0.3) is 0 Å². The molecule has 0 saturated heterocycles. The smallest absolute Gasteiger partial charge is 0.205 e. The Morgan fingerprint density at radius 3 is 2.64 bits per heavy atom. The number of benzene rings is 2. The van der Waals surface area contributed by atoms with Crippen molar-refractivity contribution in [2.24, 2.45) is 11.1 Å². The van der Waals surface area contributed by atoms with E-state index in [4.69, 9.17) is 10.5 Å². The Kier molecular flexibility index (Phi) is 4.86. The van der Waals surface area contributed by atoms with Crippen molar-refractivity contribution < 1.29 is 13.9 Å². The van der Waals surface area contributed by atoms with Crippen molar-refractivity contribution in [1.82, 2.24) is 4.57 Å². The van der Waals surface area contributed by atoms with Crippen molar-refractivity contribution in [1.29, 1.82) is 5.26 Å². The third-order valence-electron chi connectivity index (χ3n) is 6.47. The molecule has 1 aliphatic heterocycles. The van der Waals surface area contributed by atoms with Crippen LogP contribution in [0.4, 0.5) is 4.39 Å². The van der Waals surface area contributed by atoms with E-state index in [1.165, 1.54) is 12.1 Å². The fraction of sp³-hybridized carbons (Fsp3) is 0.259. The molecule has 2 aliphatic rings. The summed E-state index contributed by atoms with van der Waals surface area (Å²) in [6.45, 7) is 4.58. The lowest BCUT2D eigenvalue weighted by molar-refractivity contribution is -0.119. The van der Waals surface area contributed by atoms with Crippen LogP contribution in [-0.4, -0.2) is 10.4 Å². The first-order chi connectivity index (χ1) is 15.8. The Morgan fingerprint density at radius 1 is 1.18 bits per heavy atom. The van der Waals surface area contributed by atoms with Crippen LogP contribution < -0.4 is 5.73 Å². The molecule has 0 spiro atoms. The van der Waals surface area contributed by atoms with Gasteiger partial charge < -0.3 is 15.0 Å². The highest BCUT2D eigenvalue weighted by Crippen LogP contribution is 2.49. The van der Waals surface area contributed by atoms with Gasteiger partial charge in [-0.2, -0.15) is 5.26 Å². The summed E-state index contributed by atoms with van der Waals surface area (Å²) in [5, 5.41) is 10.9. The topological polar surface area (TPSA) is 81.0 Å². The molecule has 0 bridgehead atoms. The van der Waals surface area contributed by atoms with Crippen molar-refractivity contribution >= 4 is 16.7 Å². The first-order valence-electron chi connectivity index (χ1n) is 10.9. The van der Waals surface area contributed by atoms with E-state index in [1.54, 1.807) is 12.1 Å². The molecule has 166 valence electrons. The molecule has 0 amide bonds. The number of nitrogens with two attached hydrogens (primary N) is 1. The largest absolute Gasteiger partial charge is 0.444 e. The van der Waals surface area contributed by atoms with E-state index in [2.05, 4.69) is 10.6 Å². The van der Waals surface area contributed by atoms with Crippen molar-refractivity contribution in [2.75, 3.05) is 0 Å². The first kappa shape index (κ1) is 21.0. The number of nitrogens with zero attached hydrogens (tertiary/aromatic N) is 2. The van der Waals surface area contributed by atoms with Gasteiger partial charge in [-0.3, -0.25) is 4.79 Å². The summed E-state index contributed by atoms with van der Waals surface area (Å²) in [4.78, 5) is 13.3. The lowest BCUT2D eigenvalue weighted by Crippen LogP contribution is -2.33. The number of carbonyl (C=O) groups is 1. The number of hydrogen-bond donors (Lipinski definition) is 1. The third-order valence-corrected chi connectivity index (χ3v) is 6.47. The summed E-state index contributed by atoms with van der Waals surface area (Å²) in [6.07, 6.45) is 2.95. The molecule has 0 saturated carbocycles. The summed E-state index contributed by atoms with van der Waals surface area (Å²) < 4.78 is 21.3. The summed E-state index contributed by atoms with van der Waals surface area (Å²) in [5.74, 6) is -0.254. The zero-order chi connectivity index (χ0) is 23.3. The van der Waals surface area contributed by atoms with Crippen molar-refractivity contribution in [3.63, 3.8) is 0 Å². The van der Waals surface area contributed by atoms with E-state index in [0.29, 0.717) is 30.7 Å². The summed E-state index contributed by atoms with van der Waals surface area (Å²) in [5.41, 5.74) is 9.50. The van der Waals surface area contributed by atoms with E-state index in [-0.39, 0.29) is 28.5 Å². The SMILES string of the molecule is CC1(C)CC(=O)C2=C(C1)OC(N)=C(C#N)C2c1cn(Cc2ccc(F)cc2)c2ccccc12. The molecular formula is C27H24FN3O2. The molecule has 2 heterocycles. The number of rotatable bonds is 3. The van der Waals surface area contributed by atoms with Gasteiger partial charge in [0.05, 0.1) is 5.92 Å². The summed E-state index contributed by atoms with van der Waals surface area (Å²) in [6, 6.07) is 16.5. The fourth-order valence-corrected chi connectivity index (χ4v) is 5.02. The quantitative estimate of drug-likeness (QED) is 0.600. The van der Waals surface area contributed by atoms with Crippen LogP contribution >= 0.6 is 0 Å². The number of ether oxygens (including phenoxy) is 1. The standard InChI is InChI=1S/C27H24FN3O2/c1-27(2)11-22(32)25-23(12-27)33-26(30)19(13-29)24(25)20-15-31(21-6-4-3-5-18(20)21)14-16-7-9-17(28)10-8-16/h3-10,15,24H,11-12,14,30H2,1-2H3. The Bertz CT molecular complexity index is 1390. The minimum Gasteiger partial charge on any atom is -0.444 e. The van der Waals surface area contributed by atoms with Gasteiger partial charge in [-0.15, -0.1) is 0 Å². The van der Waals surface area contributed by atoms with Crippen LogP contribution in [0.15, 0.2) is 77.5 Å². The molecule has 1 unspecified atom stereocenters. The lowest BCUT2D eigenvalue weighted by atomic mass is 9.70.